The first-order valence-electron chi connectivity index (χ1n) is 6.71. The minimum atomic E-state index is -0.403. The molecule has 0 radical (unpaired) electrons. The Labute approximate surface area is 132 Å². The van der Waals surface area contributed by atoms with Crippen molar-refractivity contribution in [1.82, 2.24) is 4.98 Å². The molecule has 0 aliphatic rings. The molecule has 3 N–H and O–H groups in total. The number of carbonyl (C=O) groups is 2. The number of nitrogens with one attached hydrogen (secondary N) is 2. The highest BCUT2D eigenvalue weighted by molar-refractivity contribution is 5.93. The van der Waals surface area contributed by atoms with E-state index in [2.05, 4.69) is 25.8 Å². The molecule has 0 unspecified atom stereocenters. The van der Waals surface area contributed by atoms with Crippen LogP contribution in [0.5, 0.6) is 5.75 Å². The molecule has 0 bridgehead atoms. The number of pyridine rings is 1. The van der Waals surface area contributed by atoms with Crippen molar-refractivity contribution in [3.8, 4) is 5.75 Å². The van der Waals surface area contributed by atoms with Gasteiger partial charge in [-0.25, -0.2) is 4.98 Å². The molecule has 0 saturated carbocycles. The van der Waals surface area contributed by atoms with Crippen LogP contribution in [0.1, 0.15) is 13.8 Å². The molecule has 1 aromatic carbocycles. The van der Waals surface area contributed by atoms with Gasteiger partial charge in [0.15, 0.2) is 17.4 Å². The first-order valence-corrected chi connectivity index (χ1v) is 6.71. The molecule has 1 aromatic heterocycles. The smallest absolute Gasteiger partial charge is 0.222 e. The maximum Gasteiger partial charge on any atom is 0.222 e. The van der Waals surface area contributed by atoms with E-state index in [1.807, 2.05) is 6.07 Å². The minimum Gasteiger partial charge on any atom is -0.504 e. The van der Waals surface area contributed by atoms with Crippen molar-refractivity contribution < 1.29 is 14.7 Å². The van der Waals surface area contributed by atoms with Crippen molar-refractivity contribution in [3.63, 3.8) is 0 Å². The standard InChI is InChI=1S/C15H15N5O3/c1-9(21)16-14-12(20-19-11-6-4-3-5-7-11)8-13(23)15(18-14)17-10(2)22/h3-8,23H,1-2H3,(H2,16,17,18,21,22). The highest BCUT2D eigenvalue weighted by Crippen LogP contribution is 2.33. The Morgan fingerprint density at radius 3 is 2.22 bits per heavy atom. The molecule has 8 nitrogen and oxygen atoms in total. The highest BCUT2D eigenvalue weighted by atomic mass is 16.3. The number of carbonyl (C=O) groups excluding carboxylic acids is 2. The third-order valence-corrected chi connectivity index (χ3v) is 2.60. The number of amides is 2. The van der Waals surface area contributed by atoms with Crippen LogP contribution < -0.4 is 10.6 Å². The summed E-state index contributed by atoms with van der Waals surface area (Å²) in [5.41, 5.74) is 0.766. The fourth-order valence-corrected chi connectivity index (χ4v) is 1.69. The van der Waals surface area contributed by atoms with Crippen molar-refractivity contribution in [3.05, 3.63) is 36.4 Å². The predicted octanol–water partition coefficient (Wildman–Crippen LogP) is 3.12. The average Bonchev–Trinajstić information content (AvgIpc) is 2.49. The van der Waals surface area contributed by atoms with Crippen LogP contribution in [-0.2, 0) is 9.59 Å². The monoisotopic (exact) mass is 313 g/mol. The van der Waals surface area contributed by atoms with Gasteiger partial charge in [0.25, 0.3) is 0 Å². The number of nitrogens with zero attached hydrogens (tertiary/aromatic N) is 3. The van der Waals surface area contributed by atoms with Crippen molar-refractivity contribution >= 4 is 34.8 Å². The number of benzene rings is 1. The number of aromatic nitrogens is 1. The molecule has 0 aliphatic heterocycles. The summed E-state index contributed by atoms with van der Waals surface area (Å²) in [6.45, 7) is 2.59. The molecular weight excluding hydrogens is 298 g/mol. The maximum absolute atomic E-state index is 11.3. The lowest BCUT2D eigenvalue weighted by Crippen LogP contribution is -2.11. The van der Waals surface area contributed by atoms with Gasteiger partial charge in [0, 0.05) is 19.9 Å². The summed E-state index contributed by atoms with van der Waals surface area (Å²) in [5.74, 6) is -1.04. The van der Waals surface area contributed by atoms with Gasteiger partial charge < -0.3 is 15.7 Å². The first kappa shape index (κ1) is 16.1. The summed E-state index contributed by atoms with van der Waals surface area (Å²) >= 11 is 0. The molecule has 2 amide bonds. The molecule has 0 atom stereocenters. The fourth-order valence-electron chi connectivity index (χ4n) is 1.69. The Hall–Kier alpha value is -3.29. The summed E-state index contributed by atoms with van der Waals surface area (Å²) < 4.78 is 0. The van der Waals surface area contributed by atoms with Gasteiger partial charge in [0.2, 0.25) is 11.8 Å². The molecular formula is C15H15N5O3. The summed E-state index contributed by atoms with van der Waals surface area (Å²) in [5, 5.41) is 22.7. The third kappa shape index (κ3) is 4.60. The molecule has 2 rings (SSSR count). The van der Waals surface area contributed by atoms with E-state index in [1.54, 1.807) is 24.3 Å². The summed E-state index contributed by atoms with van der Waals surface area (Å²) in [6, 6.07) is 10.2. The van der Waals surface area contributed by atoms with Crippen molar-refractivity contribution in [2.24, 2.45) is 10.2 Å². The van der Waals surface area contributed by atoms with Crippen molar-refractivity contribution in [2.75, 3.05) is 10.6 Å². The quantitative estimate of drug-likeness (QED) is 0.752. The molecule has 8 heteroatoms. The zero-order valence-electron chi connectivity index (χ0n) is 12.6. The van der Waals surface area contributed by atoms with E-state index in [0.29, 0.717) is 5.69 Å². The lowest BCUT2D eigenvalue weighted by molar-refractivity contribution is -0.115. The topological polar surface area (TPSA) is 116 Å². The Kier molecular flexibility index (Phi) is 4.98. The summed E-state index contributed by atoms with van der Waals surface area (Å²) in [6.07, 6.45) is 0. The molecule has 0 saturated heterocycles. The SMILES string of the molecule is CC(=O)Nc1nc(NC(C)=O)c(N=Nc2ccccc2)cc1O. The largest absolute Gasteiger partial charge is 0.504 e. The fraction of sp³-hybridized carbons (Fsp3) is 0.133. The number of anilines is 2. The molecule has 2 aromatic rings. The molecule has 23 heavy (non-hydrogen) atoms. The Morgan fingerprint density at radius 2 is 1.61 bits per heavy atom. The normalized spacial score (nSPS) is 10.5. The molecule has 1 heterocycles. The average molecular weight is 313 g/mol. The highest BCUT2D eigenvalue weighted by Gasteiger charge is 2.13. The van der Waals surface area contributed by atoms with E-state index < -0.39 is 5.91 Å². The molecule has 0 aliphatic carbocycles. The molecule has 0 spiro atoms. The van der Waals surface area contributed by atoms with E-state index in [0.717, 1.165) is 0 Å². The van der Waals surface area contributed by atoms with E-state index in [-0.39, 0.29) is 29.0 Å². The number of rotatable bonds is 4. The van der Waals surface area contributed by atoms with Gasteiger partial charge in [-0.05, 0) is 12.1 Å². The third-order valence-electron chi connectivity index (χ3n) is 2.60. The second-order valence-electron chi connectivity index (χ2n) is 4.62. The van der Waals surface area contributed by atoms with Crippen LogP contribution in [0, 0.1) is 0 Å². The Bertz CT molecular complexity index is 759. The van der Waals surface area contributed by atoms with Gasteiger partial charge in [-0.1, -0.05) is 18.2 Å². The molecule has 118 valence electrons. The van der Waals surface area contributed by atoms with Crippen LogP contribution in [-0.4, -0.2) is 21.9 Å². The second kappa shape index (κ2) is 7.12. The van der Waals surface area contributed by atoms with E-state index in [1.165, 1.54) is 19.9 Å². The maximum atomic E-state index is 11.3. The van der Waals surface area contributed by atoms with Crippen LogP contribution in [0.2, 0.25) is 0 Å². The van der Waals surface area contributed by atoms with Crippen molar-refractivity contribution in [2.45, 2.75) is 13.8 Å². The van der Waals surface area contributed by atoms with Crippen LogP contribution >= 0.6 is 0 Å². The van der Waals surface area contributed by atoms with Crippen LogP contribution in [0.4, 0.5) is 23.0 Å². The van der Waals surface area contributed by atoms with Crippen LogP contribution in [0.15, 0.2) is 46.6 Å². The van der Waals surface area contributed by atoms with Crippen molar-refractivity contribution in [1.29, 1.82) is 0 Å². The van der Waals surface area contributed by atoms with Gasteiger partial charge in [-0.2, -0.15) is 5.11 Å². The van der Waals surface area contributed by atoms with Crippen LogP contribution in [0.25, 0.3) is 0 Å². The lowest BCUT2D eigenvalue weighted by Gasteiger charge is -2.09. The van der Waals surface area contributed by atoms with Gasteiger partial charge in [0.1, 0.15) is 5.69 Å². The predicted molar refractivity (Wildman–Crippen MR) is 85.1 cm³/mol. The van der Waals surface area contributed by atoms with Gasteiger partial charge >= 0.3 is 0 Å². The van der Waals surface area contributed by atoms with Gasteiger partial charge in [-0.15, -0.1) is 5.11 Å². The number of azo groups is 1. The summed E-state index contributed by atoms with van der Waals surface area (Å²) in [4.78, 5) is 26.4. The van der Waals surface area contributed by atoms with Gasteiger partial charge in [0.05, 0.1) is 5.69 Å². The summed E-state index contributed by atoms with van der Waals surface area (Å²) in [7, 11) is 0. The minimum absolute atomic E-state index is 0.0695. The van der Waals surface area contributed by atoms with Crippen LogP contribution in [0.3, 0.4) is 0 Å². The van der Waals surface area contributed by atoms with E-state index in [9.17, 15) is 14.7 Å². The van der Waals surface area contributed by atoms with E-state index in [4.69, 9.17) is 0 Å². The Morgan fingerprint density at radius 1 is 1.00 bits per heavy atom. The number of aromatic hydroxyl groups is 1. The molecule has 0 fully saturated rings. The van der Waals surface area contributed by atoms with E-state index >= 15 is 0 Å². The lowest BCUT2D eigenvalue weighted by atomic mass is 10.3. The van der Waals surface area contributed by atoms with Gasteiger partial charge in [-0.3, -0.25) is 9.59 Å². The zero-order chi connectivity index (χ0) is 16.8. The Balaban J connectivity index is 2.40. The zero-order valence-corrected chi connectivity index (χ0v) is 12.6. The number of hydrogen-bond donors (Lipinski definition) is 3. The number of hydrogen-bond acceptors (Lipinski definition) is 6. The second-order valence-corrected chi connectivity index (χ2v) is 4.62. The first-order chi connectivity index (χ1) is 11.0.